The van der Waals surface area contributed by atoms with Gasteiger partial charge in [0.05, 0.1) is 22.7 Å². The molecule has 0 radical (unpaired) electrons. The third-order valence-electron chi connectivity index (χ3n) is 2.77. The number of anilines is 1. The van der Waals surface area contributed by atoms with Gasteiger partial charge in [-0.05, 0) is 12.0 Å². The summed E-state index contributed by atoms with van der Waals surface area (Å²) in [4.78, 5) is 4.18. The molecule has 1 unspecified atom stereocenters. The van der Waals surface area contributed by atoms with Crippen LogP contribution in [0.25, 0.3) is 11.0 Å². The highest BCUT2D eigenvalue weighted by atomic mass is 35.5. The van der Waals surface area contributed by atoms with Crippen molar-refractivity contribution in [3.8, 4) is 0 Å². The highest BCUT2D eigenvalue weighted by Gasteiger charge is 2.13. The predicted octanol–water partition coefficient (Wildman–Crippen LogP) is 2.69. The van der Waals surface area contributed by atoms with E-state index in [9.17, 15) is 4.39 Å². The molecular weight excluding hydrogens is 257 g/mol. The molecule has 2 aromatic rings. The van der Waals surface area contributed by atoms with Gasteiger partial charge in [0.2, 0.25) is 5.95 Å². The molecule has 2 N–H and O–H groups in total. The lowest BCUT2D eigenvalue weighted by Crippen LogP contribution is -2.14. The Hall–Kier alpha value is -1.33. The molecule has 0 aliphatic carbocycles. The Bertz CT molecular complexity index is 570. The van der Waals surface area contributed by atoms with Gasteiger partial charge in [0.25, 0.3) is 0 Å². The number of methoxy groups -OCH3 is 1. The fourth-order valence-electron chi connectivity index (χ4n) is 1.98. The second-order valence-corrected chi connectivity index (χ2v) is 4.80. The highest BCUT2D eigenvalue weighted by molar-refractivity contribution is 6.31. The predicted molar refractivity (Wildman–Crippen MR) is 70.2 cm³/mol. The van der Waals surface area contributed by atoms with Crippen molar-refractivity contribution in [3.05, 3.63) is 23.0 Å². The molecule has 6 heteroatoms. The molecule has 98 valence electrons. The van der Waals surface area contributed by atoms with E-state index in [1.807, 2.05) is 6.92 Å². The maximum absolute atomic E-state index is 13.5. The summed E-state index contributed by atoms with van der Waals surface area (Å²) >= 11 is 5.72. The summed E-state index contributed by atoms with van der Waals surface area (Å²) < 4.78 is 20.3. The zero-order chi connectivity index (χ0) is 13.3. The van der Waals surface area contributed by atoms with Gasteiger partial charge in [0.15, 0.2) is 0 Å². The van der Waals surface area contributed by atoms with Crippen LogP contribution in [-0.2, 0) is 11.3 Å². The zero-order valence-electron chi connectivity index (χ0n) is 10.3. The maximum atomic E-state index is 13.5. The fourth-order valence-corrected chi connectivity index (χ4v) is 2.14. The second-order valence-electron chi connectivity index (χ2n) is 4.40. The van der Waals surface area contributed by atoms with Crippen LogP contribution in [0, 0.1) is 11.7 Å². The summed E-state index contributed by atoms with van der Waals surface area (Å²) in [6.07, 6.45) is 0. The third-order valence-corrected chi connectivity index (χ3v) is 3.05. The number of halogens is 2. The van der Waals surface area contributed by atoms with Crippen LogP contribution in [-0.4, -0.2) is 23.3 Å². The van der Waals surface area contributed by atoms with E-state index >= 15 is 0 Å². The van der Waals surface area contributed by atoms with E-state index in [0.717, 1.165) is 0 Å². The topological polar surface area (TPSA) is 53.1 Å². The SMILES string of the molecule is COCC(C)Cn1c(N)nc2cc(Cl)c(F)cc21. The first-order chi connectivity index (χ1) is 8.52. The highest BCUT2D eigenvalue weighted by Crippen LogP contribution is 2.25. The van der Waals surface area contributed by atoms with Gasteiger partial charge in [0, 0.05) is 19.7 Å². The Kier molecular flexibility index (Phi) is 3.73. The van der Waals surface area contributed by atoms with Crippen molar-refractivity contribution in [2.75, 3.05) is 19.5 Å². The Balaban J connectivity index is 2.43. The smallest absolute Gasteiger partial charge is 0.201 e. The van der Waals surface area contributed by atoms with E-state index in [4.69, 9.17) is 22.1 Å². The van der Waals surface area contributed by atoms with Crippen LogP contribution in [0.3, 0.4) is 0 Å². The van der Waals surface area contributed by atoms with Crippen molar-refractivity contribution in [1.82, 2.24) is 9.55 Å². The molecular formula is C12H15ClFN3O. The number of nitrogens with two attached hydrogens (primary N) is 1. The van der Waals surface area contributed by atoms with Gasteiger partial charge in [0.1, 0.15) is 5.82 Å². The standard InChI is InChI=1S/C12H15ClFN3O/c1-7(6-18-2)5-17-11-4-9(14)8(13)3-10(11)16-12(17)15/h3-4,7H,5-6H2,1-2H3,(H2,15,16). The molecule has 1 atom stereocenters. The summed E-state index contributed by atoms with van der Waals surface area (Å²) in [5.41, 5.74) is 7.09. The summed E-state index contributed by atoms with van der Waals surface area (Å²) in [5.74, 6) is 0.146. The summed E-state index contributed by atoms with van der Waals surface area (Å²) in [6.45, 7) is 3.26. The van der Waals surface area contributed by atoms with Gasteiger partial charge in [-0.25, -0.2) is 9.37 Å². The molecule has 18 heavy (non-hydrogen) atoms. The molecule has 1 aromatic carbocycles. The minimum atomic E-state index is -0.468. The Morgan fingerprint density at radius 2 is 2.28 bits per heavy atom. The largest absolute Gasteiger partial charge is 0.384 e. The maximum Gasteiger partial charge on any atom is 0.201 e. The summed E-state index contributed by atoms with van der Waals surface area (Å²) in [5, 5.41) is 0.0529. The van der Waals surface area contributed by atoms with Crippen LogP contribution >= 0.6 is 11.6 Å². The van der Waals surface area contributed by atoms with Gasteiger partial charge in [-0.1, -0.05) is 18.5 Å². The average molecular weight is 272 g/mol. The molecule has 0 saturated carbocycles. The van der Waals surface area contributed by atoms with Crippen molar-refractivity contribution in [1.29, 1.82) is 0 Å². The summed E-state index contributed by atoms with van der Waals surface area (Å²) in [6, 6.07) is 2.85. The van der Waals surface area contributed by atoms with E-state index in [-0.39, 0.29) is 10.9 Å². The van der Waals surface area contributed by atoms with Crippen LogP contribution < -0.4 is 5.73 Å². The molecule has 0 bridgehead atoms. The normalized spacial score (nSPS) is 13.1. The van der Waals surface area contributed by atoms with Crippen molar-refractivity contribution in [2.45, 2.75) is 13.5 Å². The van der Waals surface area contributed by atoms with Crippen LogP contribution in [0.5, 0.6) is 0 Å². The Morgan fingerprint density at radius 1 is 1.56 bits per heavy atom. The number of imidazole rings is 1. The molecule has 0 aliphatic heterocycles. The van der Waals surface area contributed by atoms with E-state index in [1.54, 1.807) is 11.7 Å². The van der Waals surface area contributed by atoms with Crippen LogP contribution in [0.2, 0.25) is 5.02 Å². The Morgan fingerprint density at radius 3 is 2.94 bits per heavy atom. The minimum absolute atomic E-state index is 0.0529. The zero-order valence-corrected chi connectivity index (χ0v) is 11.0. The monoisotopic (exact) mass is 271 g/mol. The number of ether oxygens (including phenoxy) is 1. The molecule has 0 fully saturated rings. The molecule has 0 spiro atoms. The average Bonchev–Trinajstić information content (AvgIpc) is 2.57. The van der Waals surface area contributed by atoms with Gasteiger partial charge in [-0.3, -0.25) is 0 Å². The summed E-state index contributed by atoms with van der Waals surface area (Å²) in [7, 11) is 1.64. The second kappa shape index (κ2) is 5.12. The number of rotatable bonds is 4. The molecule has 0 saturated heterocycles. The van der Waals surface area contributed by atoms with E-state index in [0.29, 0.717) is 30.1 Å². The van der Waals surface area contributed by atoms with Gasteiger partial charge in [-0.2, -0.15) is 0 Å². The van der Waals surface area contributed by atoms with Crippen molar-refractivity contribution in [3.63, 3.8) is 0 Å². The molecule has 0 aliphatic rings. The lowest BCUT2D eigenvalue weighted by molar-refractivity contribution is 0.152. The number of hydrogen-bond donors (Lipinski definition) is 1. The lowest BCUT2D eigenvalue weighted by Gasteiger charge is -2.13. The van der Waals surface area contributed by atoms with E-state index in [1.165, 1.54) is 12.1 Å². The quantitative estimate of drug-likeness (QED) is 0.930. The molecule has 1 aromatic heterocycles. The van der Waals surface area contributed by atoms with Crippen molar-refractivity contribution >= 4 is 28.6 Å². The van der Waals surface area contributed by atoms with Gasteiger partial charge >= 0.3 is 0 Å². The van der Waals surface area contributed by atoms with Gasteiger partial charge < -0.3 is 15.0 Å². The Labute approximate surface area is 109 Å². The first-order valence-electron chi connectivity index (χ1n) is 5.62. The van der Waals surface area contributed by atoms with Crippen molar-refractivity contribution < 1.29 is 9.13 Å². The van der Waals surface area contributed by atoms with E-state index < -0.39 is 5.82 Å². The number of aromatic nitrogens is 2. The molecule has 1 heterocycles. The third kappa shape index (κ3) is 2.42. The number of hydrogen-bond acceptors (Lipinski definition) is 3. The van der Waals surface area contributed by atoms with Gasteiger partial charge in [-0.15, -0.1) is 0 Å². The number of fused-ring (bicyclic) bond motifs is 1. The number of benzene rings is 1. The molecule has 2 rings (SSSR count). The first kappa shape index (κ1) is 13.1. The lowest BCUT2D eigenvalue weighted by atomic mass is 10.2. The molecule has 0 amide bonds. The van der Waals surface area contributed by atoms with Crippen molar-refractivity contribution in [2.24, 2.45) is 5.92 Å². The van der Waals surface area contributed by atoms with Crippen LogP contribution in [0.1, 0.15) is 6.92 Å². The first-order valence-corrected chi connectivity index (χ1v) is 6.00. The number of nitrogens with zero attached hydrogens (tertiary/aromatic N) is 2. The van der Waals surface area contributed by atoms with E-state index in [2.05, 4.69) is 4.98 Å². The molecule has 4 nitrogen and oxygen atoms in total. The fraction of sp³-hybridized carbons (Fsp3) is 0.417. The number of nitrogen functional groups attached to an aromatic ring is 1. The van der Waals surface area contributed by atoms with Crippen LogP contribution in [0.15, 0.2) is 12.1 Å². The van der Waals surface area contributed by atoms with Crippen LogP contribution in [0.4, 0.5) is 10.3 Å². The minimum Gasteiger partial charge on any atom is -0.384 e.